The number of pyridine rings is 1. The molecule has 5 heteroatoms. The fraction of sp³-hybridized carbons (Fsp3) is 0.333. The number of aryl methyl sites for hydroxylation is 2. The van der Waals surface area contributed by atoms with Gasteiger partial charge in [0.25, 0.3) is 0 Å². The molecule has 0 aliphatic heterocycles. The average Bonchev–Trinajstić information content (AvgIpc) is 2.45. The van der Waals surface area contributed by atoms with Gasteiger partial charge in [-0.1, -0.05) is 11.6 Å². The van der Waals surface area contributed by atoms with E-state index in [-0.39, 0.29) is 6.54 Å². The summed E-state index contributed by atoms with van der Waals surface area (Å²) in [7, 11) is 0. The Kier molecular flexibility index (Phi) is 2.37. The molecule has 0 N–H and O–H groups in total. The molecule has 0 radical (unpaired) electrons. The van der Waals surface area contributed by atoms with Gasteiger partial charge in [-0.05, 0) is 19.1 Å². The molecule has 3 nitrogen and oxygen atoms in total. The molecule has 0 fully saturated rings. The molecule has 2 heterocycles. The van der Waals surface area contributed by atoms with Gasteiger partial charge in [-0.2, -0.15) is 0 Å². The van der Waals surface area contributed by atoms with Crippen LogP contribution in [-0.4, -0.2) is 21.2 Å². The van der Waals surface area contributed by atoms with Gasteiger partial charge in [0.1, 0.15) is 23.2 Å². The van der Waals surface area contributed by atoms with Crippen LogP contribution < -0.4 is 0 Å². The molecule has 0 amide bonds. The van der Waals surface area contributed by atoms with Crippen LogP contribution in [0.15, 0.2) is 12.1 Å². The molecule has 0 saturated carbocycles. The Morgan fingerprint density at radius 3 is 2.93 bits per heavy atom. The molecule has 2 aromatic rings. The van der Waals surface area contributed by atoms with E-state index in [1.807, 2.05) is 6.92 Å². The van der Waals surface area contributed by atoms with Gasteiger partial charge < -0.3 is 4.57 Å². The smallest absolute Gasteiger partial charge is 0.161 e. The maximum atomic E-state index is 12.3. The molecule has 14 heavy (non-hydrogen) atoms. The highest BCUT2D eigenvalue weighted by molar-refractivity contribution is 6.29. The van der Waals surface area contributed by atoms with Crippen molar-refractivity contribution in [2.45, 2.75) is 13.5 Å². The quantitative estimate of drug-likeness (QED) is 0.717. The first kappa shape index (κ1) is 9.40. The highest BCUT2D eigenvalue weighted by Gasteiger charge is 2.08. The molecule has 0 aliphatic carbocycles. The van der Waals surface area contributed by atoms with Gasteiger partial charge in [0.15, 0.2) is 5.65 Å². The predicted octanol–water partition coefficient (Wildman–Crippen LogP) is 2.36. The highest BCUT2D eigenvalue weighted by atomic mass is 35.5. The topological polar surface area (TPSA) is 30.7 Å². The summed E-state index contributed by atoms with van der Waals surface area (Å²) in [5.41, 5.74) is 1.40. The minimum atomic E-state index is -0.430. The van der Waals surface area contributed by atoms with Crippen molar-refractivity contribution in [2.75, 3.05) is 6.67 Å². The Hall–Kier alpha value is -1.16. The van der Waals surface area contributed by atoms with Crippen molar-refractivity contribution in [3.8, 4) is 0 Å². The Morgan fingerprint density at radius 1 is 1.43 bits per heavy atom. The summed E-state index contributed by atoms with van der Waals surface area (Å²) in [5, 5.41) is 0.400. The summed E-state index contributed by atoms with van der Waals surface area (Å²) in [6.45, 7) is 1.67. The van der Waals surface area contributed by atoms with Crippen molar-refractivity contribution in [3.05, 3.63) is 23.1 Å². The minimum absolute atomic E-state index is 0.273. The fourth-order valence-electron chi connectivity index (χ4n) is 1.44. The monoisotopic (exact) mass is 213 g/mol. The van der Waals surface area contributed by atoms with Gasteiger partial charge in [0.05, 0.1) is 6.54 Å². The number of imidazole rings is 1. The van der Waals surface area contributed by atoms with E-state index in [1.54, 1.807) is 16.7 Å². The summed E-state index contributed by atoms with van der Waals surface area (Å²) >= 11 is 5.75. The third kappa shape index (κ3) is 1.46. The molecular formula is C9H9ClFN3. The summed E-state index contributed by atoms with van der Waals surface area (Å²) < 4.78 is 14.0. The molecule has 74 valence electrons. The standard InChI is InChI=1S/C9H9ClFN3/c1-6-12-7-2-3-8(10)13-9(7)14(6)5-4-11/h2-3H,4-5H2,1H3. The van der Waals surface area contributed by atoms with Crippen molar-refractivity contribution >= 4 is 22.8 Å². The maximum absolute atomic E-state index is 12.3. The second kappa shape index (κ2) is 3.53. The molecule has 0 bridgehead atoms. The zero-order valence-corrected chi connectivity index (χ0v) is 8.42. The SMILES string of the molecule is Cc1nc2ccc(Cl)nc2n1CCF. The molecule has 2 rings (SSSR count). The van der Waals surface area contributed by atoms with Crippen LogP contribution in [0.5, 0.6) is 0 Å². The van der Waals surface area contributed by atoms with Gasteiger partial charge in [-0.25, -0.2) is 14.4 Å². The number of halogens is 2. The lowest BCUT2D eigenvalue weighted by atomic mass is 10.4. The van der Waals surface area contributed by atoms with E-state index in [9.17, 15) is 4.39 Å². The molecule has 0 spiro atoms. The van der Waals surface area contributed by atoms with Crippen molar-refractivity contribution in [1.82, 2.24) is 14.5 Å². The number of rotatable bonds is 2. The number of aromatic nitrogens is 3. The van der Waals surface area contributed by atoms with E-state index in [1.165, 1.54) is 0 Å². The Morgan fingerprint density at radius 2 is 2.21 bits per heavy atom. The van der Waals surface area contributed by atoms with Crippen LogP contribution >= 0.6 is 11.6 Å². The molecule has 0 atom stereocenters. The van der Waals surface area contributed by atoms with Gasteiger partial charge >= 0.3 is 0 Å². The summed E-state index contributed by atoms with van der Waals surface area (Å²) in [6.07, 6.45) is 0. The van der Waals surface area contributed by atoms with Crippen molar-refractivity contribution in [1.29, 1.82) is 0 Å². The molecule has 0 saturated heterocycles. The van der Waals surface area contributed by atoms with Crippen LogP contribution in [0.25, 0.3) is 11.2 Å². The largest absolute Gasteiger partial charge is 0.310 e. The fourth-order valence-corrected chi connectivity index (χ4v) is 1.59. The molecule has 0 aromatic carbocycles. The van der Waals surface area contributed by atoms with E-state index in [0.29, 0.717) is 10.8 Å². The Balaban J connectivity index is 2.66. The second-order valence-corrected chi connectivity index (χ2v) is 3.36. The first-order valence-corrected chi connectivity index (χ1v) is 4.65. The second-order valence-electron chi connectivity index (χ2n) is 2.98. The van der Waals surface area contributed by atoms with Gasteiger partial charge in [-0.3, -0.25) is 0 Å². The highest BCUT2D eigenvalue weighted by Crippen LogP contribution is 2.16. The lowest BCUT2D eigenvalue weighted by Crippen LogP contribution is -2.02. The van der Waals surface area contributed by atoms with E-state index >= 15 is 0 Å². The number of hydrogen-bond donors (Lipinski definition) is 0. The third-order valence-electron chi connectivity index (χ3n) is 2.06. The normalized spacial score (nSPS) is 11.1. The first-order valence-electron chi connectivity index (χ1n) is 4.27. The van der Waals surface area contributed by atoms with Crippen molar-refractivity contribution < 1.29 is 4.39 Å². The Labute approximate surface area is 85.5 Å². The van der Waals surface area contributed by atoms with Gasteiger partial charge in [0, 0.05) is 0 Å². The molecule has 0 aliphatic rings. The Bertz CT molecular complexity index is 466. The van der Waals surface area contributed by atoms with Crippen LogP contribution in [-0.2, 0) is 6.54 Å². The predicted molar refractivity (Wildman–Crippen MR) is 53.3 cm³/mol. The van der Waals surface area contributed by atoms with E-state index in [4.69, 9.17) is 11.6 Å². The summed E-state index contributed by atoms with van der Waals surface area (Å²) in [5.74, 6) is 0.757. The molecule has 2 aromatic heterocycles. The summed E-state index contributed by atoms with van der Waals surface area (Å²) in [6, 6.07) is 3.46. The van der Waals surface area contributed by atoms with Crippen molar-refractivity contribution in [3.63, 3.8) is 0 Å². The number of alkyl halides is 1. The number of hydrogen-bond acceptors (Lipinski definition) is 2. The average molecular weight is 214 g/mol. The zero-order valence-electron chi connectivity index (χ0n) is 7.67. The number of nitrogens with zero attached hydrogens (tertiary/aromatic N) is 3. The van der Waals surface area contributed by atoms with Crippen LogP contribution in [0, 0.1) is 6.92 Å². The lowest BCUT2D eigenvalue weighted by Gasteiger charge is -2.01. The van der Waals surface area contributed by atoms with E-state index in [2.05, 4.69) is 9.97 Å². The van der Waals surface area contributed by atoms with Crippen LogP contribution in [0.2, 0.25) is 5.15 Å². The van der Waals surface area contributed by atoms with Crippen LogP contribution in [0.3, 0.4) is 0 Å². The van der Waals surface area contributed by atoms with Gasteiger partial charge in [0.2, 0.25) is 0 Å². The van der Waals surface area contributed by atoms with Crippen LogP contribution in [0.4, 0.5) is 4.39 Å². The van der Waals surface area contributed by atoms with E-state index < -0.39 is 6.67 Å². The van der Waals surface area contributed by atoms with Crippen LogP contribution in [0.1, 0.15) is 5.82 Å². The lowest BCUT2D eigenvalue weighted by molar-refractivity contribution is 0.445. The van der Waals surface area contributed by atoms with Gasteiger partial charge in [-0.15, -0.1) is 0 Å². The summed E-state index contributed by atoms with van der Waals surface area (Å²) in [4.78, 5) is 8.36. The maximum Gasteiger partial charge on any atom is 0.161 e. The minimum Gasteiger partial charge on any atom is -0.310 e. The van der Waals surface area contributed by atoms with Crippen molar-refractivity contribution in [2.24, 2.45) is 0 Å². The zero-order chi connectivity index (χ0) is 10.1. The molecule has 0 unspecified atom stereocenters. The molecular weight excluding hydrogens is 205 g/mol. The van der Waals surface area contributed by atoms with E-state index in [0.717, 1.165) is 11.3 Å². The first-order chi connectivity index (χ1) is 6.72. The third-order valence-corrected chi connectivity index (χ3v) is 2.27. The number of fused-ring (bicyclic) bond motifs is 1.